The molecule has 1 saturated heterocycles. The van der Waals surface area contributed by atoms with E-state index in [1.807, 2.05) is 31.3 Å². The Bertz CT molecular complexity index is 657. The molecule has 0 spiro atoms. The lowest BCUT2D eigenvalue weighted by Gasteiger charge is -2.34. The minimum absolute atomic E-state index is 0.0902. The van der Waals surface area contributed by atoms with E-state index in [0.717, 1.165) is 31.7 Å². The maximum absolute atomic E-state index is 14.2. The molecule has 1 N–H and O–H groups in total. The van der Waals surface area contributed by atoms with Crippen LogP contribution < -0.4 is 15.0 Å². The van der Waals surface area contributed by atoms with Crippen molar-refractivity contribution in [1.82, 2.24) is 10.3 Å². The third kappa shape index (κ3) is 3.67. The Hall–Kier alpha value is -2.14. The van der Waals surface area contributed by atoms with E-state index >= 15 is 0 Å². The van der Waals surface area contributed by atoms with Crippen LogP contribution in [-0.2, 0) is 0 Å². The number of piperidine rings is 1. The number of aromatic nitrogens is 1. The molecule has 128 valence electrons. The predicted molar refractivity (Wildman–Crippen MR) is 94.0 cm³/mol. The van der Waals surface area contributed by atoms with Crippen molar-refractivity contribution in [1.29, 1.82) is 0 Å². The molecule has 4 nitrogen and oxygen atoms in total. The van der Waals surface area contributed by atoms with Crippen LogP contribution in [-0.4, -0.2) is 31.2 Å². The Morgan fingerprint density at radius 3 is 2.67 bits per heavy atom. The van der Waals surface area contributed by atoms with Gasteiger partial charge in [0.25, 0.3) is 0 Å². The highest BCUT2D eigenvalue weighted by molar-refractivity contribution is 5.39. The maximum Gasteiger partial charge on any atom is 0.131 e. The lowest BCUT2D eigenvalue weighted by Crippen LogP contribution is -2.43. The smallest absolute Gasteiger partial charge is 0.131 e. The Kier molecular flexibility index (Phi) is 5.30. The Labute approximate surface area is 142 Å². The van der Waals surface area contributed by atoms with Gasteiger partial charge in [0.05, 0.1) is 7.11 Å². The monoisotopic (exact) mass is 329 g/mol. The summed E-state index contributed by atoms with van der Waals surface area (Å²) in [6.07, 6.45) is 3.85. The number of methoxy groups -OCH3 is 1. The molecule has 3 rings (SSSR count). The van der Waals surface area contributed by atoms with Crippen molar-refractivity contribution in [3.05, 3.63) is 54.0 Å². The molecule has 0 bridgehead atoms. The van der Waals surface area contributed by atoms with E-state index in [4.69, 9.17) is 4.74 Å². The van der Waals surface area contributed by atoms with Gasteiger partial charge < -0.3 is 15.0 Å². The number of halogens is 1. The SMILES string of the molecule is COc1cccc(F)c1[C@@H](C)NC1CCN(c2ccccn2)CC1. The maximum atomic E-state index is 14.2. The number of pyridine rings is 1. The second-order valence-electron chi connectivity index (χ2n) is 6.19. The molecule has 1 aromatic carbocycles. The summed E-state index contributed by atoms with van der Waals surface area (Å²) in [5.74, 6) is 1.40. The van der Waals surface area contributed by atoms with E-state index in [1.54, 1.807) is 19.2 Å². The van der Waals surface area contributed by atoms with Gasteiger partial charge in [-0.1, -0.05) is 12.1 Å². The molecular formula is C19H24FN3O. The van der Waals surface area contributed by atoms with Crippen LogP contribution in [0.15, 0.2) is 42.6 Å². The highest BCUT2D eigenvalue weighted by atomic mass is 19.1. The number of rotatable bonds is 5. The fraction of sp³-hybridized carbons (Fsp3) is 0.421. The van der Waals surface area contributed by atoms with Crippen LogP contribution in [0.25, 0.3) is 0 Å². The first kappa shape index (κ1) is 16.7. The number of nitrogens with zero attached hydrogens (tertiary/aromatic N) is 2. The van der Waals surface area contributed by atoms with Crippen LogP contribution in [0, 0.1) is 5.82 Å². The van der Waals surface area contributed by atoms with Crippen LogP contribution in [0.4, 0.5) is 10.2 Å². The van der Waals surface area contributed by atoms with Gasteiger partial charge in [-0.3, -0.25) is 0 Å². The Morgan fingerprint density at radius 2 is 2.00 bits per heavy atom. The Balaban J connectivity index is 1.60. The summed E-state index contributed by atoms with van der Waals surface area (Å²) >= 11 is 0. The van der Waals surface area contributed by atoms with E-state index in [-0.39, 0.29) is 11.9 Å². The third-order valence-corrected chi connectivity index (χ3v) is 4.62. The lowest BCUT2D eigenvalue weighted by molar-refractivity contribution is 0.356. The van der Waals surface area contributed by atoms with E-state index in [9.17, 15) is 4.39 Å². The highest BCUT2D eigenvalue weighted by Crippen LogP contribution is 2.29. The molecule has 1 fully saturated rings. The van der Waals surface area contributed by atoms with Crippen LogP contribution in [0.2, 0.25) is 0 Å². The number of nitrogens with one attached hydrogen (secondary N) is 1. The lowest BCUT2D eigenvalue weighted by atomic mass is 10.0. The molecule has 0 saturated carbocycles. The summed E-state index contributed by atoms with van der Waals surface area (Å²) in [4.78, 5) is 6.71. The molecule has 5 heteroatoms. The molecule has 0 radical (unpaired) electrons. The quantitative estimate of drug-likeness (QED) is 0.910. The van der Waals surface area contributed by atoms with Crippen molar-refractivity contribution in [2.45, 2.75) is 31.8 Å². The largest absolute Gasteiger partial charge is 0.496 e. The zero-order valence-electron chi connectivity index (χ0n) is 14.2. The third-order valence-electron chi connectivity index (χ3n) is 4.62. The summed E-state index contributed by atoms with van der Waals surface area (Å²) in [5.41, 5.74) is 0.604. The standard InChI is InChI=1S/C19H24FN3O/c1-14(19-16(20)6-5-7-17(19)24-2)22-15-9-12-23(13-10-15)18-8-3-4-11-21-18/h3-8,11,14-15,22H,9-10,12-13H2,1-2H3/t14-/m1/s1. The number of anilines is 1. The summed E-state index contributed by atoms with van der Waals surface area (Å²) in [7, 11) is 1.58. The average Bonchev–Trinajstić information content (AvgIpc) is 2.62. The van der Waals surface area contributed by atoms with Gasteiger partial charge in [-0.25, -0.2) is 9.37 Å². The molecule has 24 heavy (non-hydrogen) atoms. The van der Waals surface area contributed by atoms with E-state index in [2.05, 4.69) is 15.2 Å². The van der Waals surface area contributed by atoms with Crippen molar-refractivity contribution < 1.29 is 9.13 Å². The van der Waals surface area contributed by atoms with Gasteiger partial charge in [0.1, 0.15) is 17.4 Å². The fourth-order valence-corrected chi connectivity index (χ4v) is 3.37. The van der Waals surface area contributed by atoms with Crippen LogP contribution in [0.5, 0.6) is 5.75 Å². The summed E-state index contributed by atoms with van der Waals surface area (Å²) in [6.45, 7) is 3.90. The van der Waals surface area contributed by atoms with Gasteiger partial charge in [-0.15, -0.1) is 0 Å². The zero-order valence-corrected chi connectivity index (χ0v) is 14.2. The van der Waals surface area contributed by atoms with Crippen molar-refractivity contribution >= 4 is 5.82 Å². The first-order chi connectivity index (χ1) is 11.7. The molecule has 0 aliphatic carbocycles. The van der Waals surface area contributed by atoms with Crippen molar-refractivity contribution in [2.24, 2.45) is 0 Å². The molecule has 0 amide bonds. The molecule has 1 aromatic heterocycles. The van der Waals surface area contributed by atoms with E-state index in [1.165, 1.54) is 6.07 Å². The van der Waals surface area contributed by atoms with Crippen LogP contribution in [0.1, 0.15) is 31.4 Å². The number of hydrogen-bond donors (Lipinski definition) is 1. The van der Waals surface area contributed by atoms with E-state index < -0.39 is 0 Å². The van der Waals surface area contributed by atoms with Crippen LogP contribution in [0.3, 0.4) is 0 Å². The Morgan fingerprint density at radius 1 is 1.21 bits per heavy atom. The summed E-state index contributed by atoms with van der Waals surface area (Å²) < 4.78 is 19.5. The van der Waals surface area contributed by atoms with Gasteiger partial charge in [0.15, 0.2) is 0 Å². The zero-order chi connectivity index (χ0) is 16.9. The number of benzene rings is 1. The van der Waals surface area contributed by atoms with Gasteiger partial charge in [-0.2, -0.15) is 0 Å². The predicted octanol–water partition coefficient (Wildman–Crippen LogP) is 3.55. The topological polar surface area (TPSA) is 37.4 Å². The van der Waals surface area contributed by atoms with Crippen molar-refractivity contribution in [2.75, 3.05) is 25.1 Å². The number of hydrogen-bond acceptors (Lipinski definition) is 4. The minimum Gasteiger partial charge on any atom is -0.496 e. The first-order valence-electron chi connectivity index (χ1n) is 8.43. The molecule has 1 aliphatic rings. The summed E-state index contributed by atoms with van der Waals surface area (Å²) in [6, 6.07) is 11.2. The summed E-state index contributed by atoms with van der Waals surface area (Å²) in [5, 5.41) is 3.56. The average molecular weight is 329 g/mol. The van der Waals surface area contributed by atoms with Gasteiger partial charge in [-0.05, 0) is 44.0 Å². The van der Waals surface area contributed by atoms with Crippen LogP contribution >= 0.6 is 0 Å². The molecule has 2 aromatic rings. The van der Waals surface area contributed by atoms with Crippen molar-refractivity contribution in [3.8, 4) is 5.75 Å². The van der Waals surface area contributed by atoms with Gasteiger partial charge in [0.2, 0.25) is 0 Å². The molecule has 2 heterocycles. The molecule has 1 aliphatic heterocycles. The van der Waals surface area contributed by atoms with Gasteiger partial charge >= 0.3 is 0 Å². The highest BCUT2D eigenvalue weighted by Gasteiger charge is 2.24. The second-order valence-corrected chi connectivity index (χ2v) is 6.19. The van der Waals surface area contributed by atoms with Crippen molar-refractivity contribution in [3.63, 3.8) is 0 Å². The second kappa shape index (κ2) is 7.62. The minimum atomic E-state index is -0.222. The van der Waals surface area contributed by atoms with Gasteiger partial charge in [0, 0.05) is 36.9 Å². The normalized spacial score (nSPS) is 16.9. The molecule has 0 unspecified atom stereocenters. The first-order valence-corrected chi connectivity index (χ1v) is 8.43. The molecular weight excluding hydrogens is 305 g/mol. The number of ether oxygens (including phenoxy) is 1. The van der Waals surface area contributed by atoms with E-state index in [0.29, 0.717) is 17.4 Å². The molecule has 1 atom stereocenters. The fourth-order valence-electron chi connectivity index (χ4n) is 3.37.